The van der Waals surface area contributed by atoms with E-state index in [9.17, 15) is 37.1 Å². The number of rotatable bonds is 5. The number of aryl methyl sites for hydroxylation is 1. The second-order valence-corrected chi connectivity index (χ2v) is 6.08. The Labute approximate surface area is 145 Å². The van der Waals surface area contributed by atoms with Crippen molar-refractivity contribution in [1.82, 2.24) is 10.2 Å². The van der Waals surface area contributed by atoms with E-state index >= 15 is 0 Å². The van der Waals surface area contributed by atoms with Crippen LogP contribution in [0.15, 0.2) is 18.2 Å². The smallest absolute Gasteiger partial charge is 0.406 e. The molecule has 0 spiro atoms. The molecule has 1 heterocycles. The zero-order chi connectivity index (χ0) is 19.6. The molecule has 2 atom stereocenters. The summed E-state index contributed by atoms with van der Waals surface area (Å²) in [5, 5.41) is 11.5. The number of carboxylic acid groups (broad SMARTS) is 1. The zero-order valence-corrected chi connectivity index (χ0v) is 13.6. The Kier molecular flexibility index (Phi) is 5.53. The third-order valence-electron chi connectivity index (χ3n) is 4.00. The van der Waals surface area contributed by atoms with Crippen LogP contribution in [0.2, 0.25) is 0 Å². The molecule has 2 N–H and O–H groups in total. The number of nitrogens with one attached hydrogen (secondary N) is 1. The molecule has 10 heteroatoms. The van der Waals surface area contributed by atoms with Crippen molar-refractivity contribution in [2.75, 3.05) is 13.1 Å². The average Bonchev–Trinajstić information content (AvgIpc) is 2.86. The molecule has 1 aromatic carbocycles. The number of aliphatic carboxylic acids is 1. The normalized spacial score (nSPS) is 18.7. The molecule has 2 amide bonds. The first-order valence-electron chi connectivity index (χ1n) is 7.61. The maximum atomic E-state index is 13.3. The molecule has 0 bridgehead atoms. The lowest BCUT2D eigenvalue weighted by Crippen LogP contribution is -2.40. The van der Waals surface area contributed by atoms with Crippen LogP contribution < -0.4 is 5.32 Å². The minimum absolute atomic E-state index is 0.112. The lowest BCUT2D eigenvalue weighted by atomic mass is 10.0. The number of carbonyl (C=O) groups is 3. The van der Waals surface area contributed by atoms with Crippen LogP contribution in [0.1, 0.15) is 23.6 Å². The zero-order valence-electron chi connectivity index (χ0n) is 13.6. The quantitative estimate of drug-likeness (QED) is 0.767. The molecular formula is C16H16F4N2O4. The number of likely N-dealkylation sites (tertiary alicyclic amines) is 1. The molecule has 1 aliphatic rings. The summed E-state index contributed by atoms with van der Waals surface area (Å²) in [5.74, 6) is -4.73. The third kappa shape index (κ3) is 4.70. The van der Waals surface area contributed by atoms with Gasteiger partial charge in [-0.2, -0.15) is 13.2 Å². The first kappa shape index (κ1) is 19.7. The minimum atomic E-state index is -4.59. The summed E-state index contributed by atoms with van der Waals surface area (Å²) < 4.78 is 50.6. The van der Waals surface area contributed by atoms with Crippen LogP contribution in [0.4, 0.5) is 17.6 Å². The van der Waals surface area contributed by atoms with E-state index in [0.29, 0.717) is 4.90 Å². The molecular weight excluding hydrogens is 360 g/mol. The van der Waals surface area contributed by atoms with Gasteiger partial charge in [-0.25, -0.2) is 9.18 Å². The van der Waals surface area contributed by atoms with Crippen LogP contribution in [-0.4, -0.2) is 47.1 Å². The standard InChI is InChI=1S/C16H16F4N2O4/c1-8-4-9(2-3-11(8)17)13(15(25)26)21-14(24)10-5-12(23)22(6-10)7-16(18,19)20/h2-4,10,13H,5-7H2,1H3,(H,21,24)(H,25,26). The van der Waals surface area contributed by atoms with Crippen LogP contribution in [0, 0.1) is 18.7 Å². The highest BCUT2D eigenvalue weighted by molar-refractivity contribution is 5.91. The van der Waals surface area contributed by atoms with Gasteiger partial charge >= 0.3 is 12.1 Å². The van der Waals surface area contributed by atoms with Crippen molar-refractivity contribution in [1.29, 1.82) is 0 Å². The van der Waals surface area contributed by atoms with Crippen LogP contribution >= 0.6 is 0 Å². The number of nitrogens with zero attached hydrogens (tertiary/aromatic N) is 1. The fraction of sp³-hybridized carbons (Fsp3) is 0.438. The fourth-order valence-corrected chi connectivity index (χ4v) is 2.71. The molecule has 2 rings (SSSR count). The Hall–Kier alpha value is -2.65. The van der Waals surface area contributed by atoms with Crippen LogP contribution in [-0.2, 0) is 14.4 Å². The molecule has 26 heavy (non-hydrogen) atoms. The highest BCUT2D eigenvalue weighted by Crippen LogP contribution is 2.25. The highest BCUT2D eigenvalue weighted by atomic mass is 19.4. The molecule has 0 saturated carbocycles. The Bertz CT molecular complexity index is 735. The SMILES string of the molecule is Cc1cc(C(NC(=O)C2CC(=O)N(CC(F)(F)F)C2)C(=O)O)ccc1F. The van der Waals surface area contributed by atoms with Gasteiger partial charge in [-0.1, -0.05) is 12.1 Å². The molecule has 6 nitrogen and oxygen atoms in total. The van der Waals surface area contributed by atoms with E-state index in [2.05, 4.69) is 5.32 Å². The second kappa shape index (κ2) is 7.30. The lowest BCUT2D eigenvalue weighted by Gasteiger charge is -2.20. The number of benzene rings is 1. The van der Waals surface area contributed by atoms with E-state index in [1.54, 1.807) is 0 Å². The van der Waals surface area contributed by atoms with Crippen molar-refractivity contribution in [2.24, 2.45) is 5.92 Å². The summed E-state index contributed by atoms with van der Waals surface area (Å²) in [5.41, 5.74) is 0.289. The molecule has 0 radical (unpaired) electrons. The third-order valence-corrected chi connectivity index (χ3v) is 4.00. The van der Waals surface area contributed by atoms with Gasteiger partial charge < -0.3 is 15.3 Å². The van der Waals surface area contributed by atoms with Gasteiger partial charge in [-0.15, -0.1) is 0 Å². The Morgan fingerprint density at radius 1 is 1.38 bits per heavy atom. The van der Waals surface area contributed by atoms with Gasteiger partial charge in [-0.05, 0) is 24.1 Å². The number of amides is 2. The van der Waals surface area contributed by atoms with Gasteiger partial charge in [0.2, 0.25) is 11.8 Å². The van der Waals surface area contributed by atoms with Gasteiger partial charge in [0.05, 0.1) is 5.92 Å². The number of halogens is 4. The van der Waals surface area contributed by atoms with E-state index in [-0.39, 0.29) is 11.1 Å². The Morgan fingerprint density at radius 3 is 2.58 bits per heavy atom. The Morgan fingerprint density at radius 2 is 2.04 bits per heavy atom. The topological polar surface area (TPSA) is 86.7 Å². The van der Waals surface area contributed by atoms with Crippen molar-refractivity contribution in [3.8, 4) is 0 Å². The molecule has 2 unspecified atom stereocenters. The molecule has 0 aliphatic carbocycles. The highest BCUT2D eigenvalue weighted by Gasteiger charge is 2.41. The van der Waals surface area contributed by atoms with Gasteiger partial charge in [0.25, 0.3) is 0 Å². The van der Waals surface area contributed by atoms with E-state index in [4.69, 9.17) is 0 Å². The molecule has 1 aromatic rings. The van der Waals surface area contributed by atoms with Crippen LogP contribution in [0.5, 0.6) is 0 Å². The lowest BCUT2D eigenvalue weighted by molar-refractivity contribution is -0.157. The summed E-state index contributed by atoms with van der Waals surface area (Å²) in [7, 11) is 0. The van der Waals surface area contributed by atoms with E-state index in [0.717, 1.165) is 6.07 Å². The van der Waals surface area contributed by atoms with Crippen molar-refractivity contribution in [3.63, 3.8) is 0 Å². The van der Waals surface area contributed by atoms with E-state index in [1.807, 2.05) is 0 Å². The first-order chi connectivity index (χ1) is 12.0. The van der Waals surface area contributed by atoms with Gasteiger partial charge in [0.1, 0.15) is 12.4 Å². The number of alkyl halides is 3. The monoisotopic (exact) mass is 376 g/mol. The summed E-state index contributed by atoms with van der Waals surface area (Å²) in [4.78, 5) is 35.8. The fourth-order valence-electron chi connectivity index (χ4n) is 2.71. The van der Waals surface area contributed by atoms with Gasteiger partial charge in [0, 0.05) is 13.0 Å². The van der Waals surface area contributed by atoms with E-state index in [1.165, 1.54) is 19.1 Å². The van der Waals surface area contributed by atoms with Crippen molar-refractivity contribution in [3.05, 3.63) is 35.1 Å². The number of carboxylic acids is 1. The number of hydrogen-bond acceptors (Lipinski definition) is 3. The van der Waals surface area contributed by atoms with Crippen molar-refractivity contribution >= 4 is 17.8 Å². The van der Waals surface area contributed by atoms with Gasteiger partial charge in [0.15, 0.2) is 6.04 Å². The minimum Gasteiger partial charge on any atom is -0.479 e. The summed E-state index contributed by atoms with van der Waals surface area (Å²) >= 11 is 0. The maximum absolute atomic E-state index is 13.3. The van der Waals surface area contributed by atoms with E-state index < -0.39 is 61.2 Å². The van der Waals surface area contributed by atoms with Crippen LogP contribution in [0.3, 0.4) is 0 Å². The average molecular weight is 376 g/mol. The molecule has 1 aliphatic heterocycles. The molecule has 1 fully saturated rings. The van der Waals surface area contributed by atoms with Gasteiger partial charge in [-0.3, -0.25) is 9.59 Å². The maximum Gasteiger partial charge on any atom is 0.406 e. The summed E-state index contributed by atoms with van der Waals surface area (Å²) in [6.07, 6.45) is -5.02. The van der Waals surface area contributed by atoms with Crippen molar-refractivity contribution in [2.45, 2.75) is 25.6 Å². The summed E-state index contributed by atoms with van der Waals surface area (Å²) in [6.45, 7) is -0.488. The predicted octanol–water partition coefficient (Wildman–Crippen LogP) is 1.79. The Balaban J connectivity index is 2.10. The second-order valence-electron chi connectivity index (χ2n) is 6.08. The number of carbonyl (C=O) groups excluding carboxylic acids is 2. The number of hydrogen-bond donors (Lipinski definition) is 2. The molecule has 142 valence electrons. The van der Waals surface area contributed by atoms with Crippen LogP contribution in [0.25, 0.3) is 0 Å². The summed E-state index contributed by atoms with van der Waals surface area (Å²) in [6, 6.07) is 1.99. The molecule has 0 aromatic heterocycles. The molecule has 1 saturated heterocycles. The largest absolute Gasteiger partial charge is 0.479 e. The predicted molar refractivity (Wildman–Crippen MR) is 80.4 cm³/mol. The van der Waals surface area contributed by atoms with Crippen molar-refractivity contribution < 1.29 is 37.1 Å². The first-order valence-corrected chi connectivity index (χ1v) is 7.61.